The maximum Gasteiger partial charge on any atom is 0.419 e. The van der Waals surface area contributed by atoms with Crippen molar-refractivity contribution in [3.63, 3.8) is 0 Å². The first kappa shape index (κ1) is 10.5. The topological polar surface area (TPSA) is 63.1 Å². The second kappa shape index (κ2) is 4.00. The van der Waals surface area contributed by atoms with Crippen molar-refractivity contribution in [2.45, 2.75) is 0 Å². The van der Waals surface area contributed by atoms with E-state index in [1.54, 1.807) is 12.1 Å². The lowest BCUT2D eigenvalue weighted by Gasteiger charge is -2.04. The number of fused-ring (bicyclic) bond motifs is 1. The second-order valence-electron chi connectivity index (χ2n) is 3.90. The van der Waals surface area contributed by atoms with Gasteiger partial charge in [0.15, 0.2) is 0 Å². The van der Waals surface area contributed by atoms with Gasteiger partial charge in [-0.1, -0.05) is 42.5 Å². The molecule has 0 fully saturated rings. The van der Waals surface area contributed by atoms with Crippen molar-refractivity contribution in [3.8, 4) is 11.1 Å². The number of aromatic nitrogens is 1. The van der Waals surface area contributed by atoms with E-state index in [2.05, 4.69) is 9.40 Å². The predicted molar refractivity (Wildman–Crippen MR) is 68.5 cm³/mol. The summed E-state index contributed by atoms with van der Waals surface area (Å²) >= 11 is 0. The molecule has 18 heavy (non-hydrogen) atoms. The molecule has 4 nitrogen and oxygen atoms in total. The molecule has 0 saturated heterocycles. The number of rotatable bonds is 1. The van der Waals surface area contributed by atoms with E-state index in [0.717, 1.165) is 11.1 Å². The highest BCUT2D eigenvalue weighted by Crippen LogP contribution is 2.24. The third kappa shape index (κ3) is 1.64. The highest BCUT2D eigenvalue weighted by Gasteiger charge is 2.09. The first-order valence-corrected chi connectivity index (χ1v) is 5.47. The molecule has 3 aromatic rings. The van der Waals surface area contributed by atoms with Crippen LogP contribution in [0.3, 0.4) is 0 Å². The molecule has 0 saturated carbocycles. The molecule has 3 rings (SSSR count). The zero-order chi connectivity index (χ0) is 12.5. The Hall–Kier alpha value is -2.62. The van der Waals surface area contributed by atoms with Crippen molar-refractivity contribution in [1.82, 2.24) is 4.98 Å². The quantitative estimate of drug-likeness (QED) is 0.707. The molecule has 0 atom stereocenters. The minimum atomic E-state index is -0.738. The molecule has 0 amide bonds. The minimum absolute atomic E-state index is 0.392. The smallest absolute Gasteiger partial charge is 0.372 e. The maximum absolute atomic E-state index is 11.8. The molecule has 0 radical (unpaired) electrons. The van der Waals surface area contributed by atoms with E-state index in [1.807, 2.05) is 36.4 Å². The molecule has 88 valence electrons. The minimum Gasteiger partial charge on any atom is -0.372 e. The number of aromatic amines is 1. The van der Waals surface area contributed by atoms with Gasteiger partial charge in [-0.15, -0.1) is 0 Å². The summed E-state index contributed by atoms with van der Waals surface area (Å²) < 4.78 is 4.59. The van der Waals surface area contributed by atoms with E-state index < -0.39 is 11.4 Å². The van der Waals surface area contributed by atoms with Gasteiger partial charge >= 0.3 is 11.4 Å². The summed E-state index contributed by atoms with van der Waals surface area (Å²) in [5, 5.41) is 0.392. The Balaban J connectivity index is 2.45. The Labute approximate surface area is 102 Å². The monoisotopic (exact) mass is 239 g/mol. The molecule has 0 unspecified atom stereocenters. The Bertz CT molecular complexity index is 816. The van der Waals surface area contributed by atoms with Gasteiger partial charge in [0.1, 0.15) is 0 Å². The Morgan fingerprint density at radius 1 is 0.889 bits per heavy atom. The zero-order valence-electron chi connectivity index (χ0n) is 9.34. The number of H-pyrrole nitrogens is 1. The molecule has 2 aromatic carbocycles. The van der Waals surface area contributed by atoms with Gasteiger partial charge in [0.05, 0.1) is 10.9 Å². The SMILES string of the molecule is O=c1[nH]c2cccc(-c3ccccc3)c2c(=O)o1. The van der Waals surface area contributed by atoms with Crippen LogP contribution in [0, 0.1) is 0 Å². The van der Waals surface area contributed by atoms with Crippen LogP contribution in [0.4, 0.5) is 0 Å². The van der Waals surface area contributed by atoms with E-state index in [4.69, 9.17) is 0 Å². The number of benzene rings is 2. The Morgan fingerprint density at radius 3 is 2.44 bits per heavy atom. The summed E-state index contributed by atoms with van der Waals surface area (Å²) in [5.74, 6) is -0.738. The second-order valence-corrected chi connectivity index (χ2v) is 3.90. The molecular formula is C14H9NO3. The molecule has 1 heterocycles. The van der Waals surface area contributed by atoms with Gasteiger partial charge in [0.2, 0.25) is 0 Å². The molecular weight excluding hydrogens is 230 g/mol. The number of hydrogen-bond acceptors (Lipinski definition) is 3. The van der Waals surface area contributed by atoms with Crippen LogP contribution >= 0.6 is 0 Å². The van der Waals surface area contributed by atoms with E-state index in [0.29, 0.717) is 10.9 Å². The fourth-order valence-electron chi connectivity index (χ4n) is 2.01. The first-order valence-electron chi connectivity index (χ1n) is 5.47. The van der Waals surface area contributed by atoms with Crippen molar-refractivity contribution >= 4 is 10.9 Å². The third-order valence-electron chi connectivity index (χ3n) is 2.78. The first-order chi connectivity index (χ1) is 8.75. The lowest BCUT2D eigenvalue weighted by atomic mass is 10.0. The highest BCUT2D eigenvalue weighted by atomic mass is 16.4. The van der Waals surface area contributed by atoms with Crippen LogP contribution in [-0.4, -0.2) is 4.98 Å². The van der Waals surface area contributed by atoms with E-state index >= 15 is 0 Å². The largest absolute Gasteiger partial charge is 0.419 e. The molecule has 0 aliphatic heterocycles. The van der Waals surface area contributed by atoms with Crippen LogP contribution in [0.2, 0.25) is 0 Å². The van der Waals surface area contributed by atoms with Crippen LogP contribution in [-0.2, 0) is 0 Å². The zero-order valence-corrected chi connectivity index (χ0v) is 9.34. The van der Waals surface area contributed by atoms with E-state index in [-0.39, 0.29) is 0 Å². The lowest BCUT2D eigenvalue weighted by Crippen LogP contribution is -2.14. The summed E-state index contributed by atoms with van der Waals surface area (Å²) in [6.07, 6.45) is 0. The van der Waals surface area contributed by atoms with Gasteiger partial charge in [-0.3, -0.25) is 4.98 Å². The summed E-state index contributed by atoms with van der Waals surface area (Å²) in [6, 6.07) is 14.8. The van der Waals surface area contributed by atoms with Crippen LogP contribution < -0.4 is 11.4 Å². The Kier molecular flexibility index (Phi) is 2.34. The molecule has 0 spiro atoms. The van der Waals surface area contributed by atoms with Crippen molar-refractivity contribution in [3.05, 3.63) is 69.5 Å². The van der Waals surface area contributed by atoms with Gasteiger partial charge < -0.3 is 4.42 Å². The van der Waals surface area contributed by atoms with Gasteiger partial charge in [0.25, 0.3) is 0 Å². The van der Waals surface area contributed by atoms with Gasteiger partial charge in [0, 0.05) is 0 Å². The molecule has 1 aromatic heterocycles. The van der Waals surface area contributed by atoms with Crippen LogP contribution in [0.5, 0.6) is 0 Å². The summed E-state index contributed by atoms with van der Waals surface area (Å²) in [4.78, 5) is 25.5. The van der Waals surface area contributed by atoms with Crippen molar-refractivity contribution in [2.75, 3.05) is 0 Å². The third-order valence-corrected chi connectivity index (χ3v) is 2.78. The normalized spacial score (nSPS) is 10.7. The summed E-state index contributed by atoms with van der Waals surface area (Å²) in [6.45, 7) is 0. The summed E-state index contributed by atoms with van der Waals surface area (Å²) in [7, 11) is 0. The molecule has 0 aliphatic rings. The average molecular weight is 239 g/mol. The molecule has 0 aliphatic carbocycles. The fourth-order valence-corrected chi connectivity index (χ4v) is 2.01. The standard InChI is InChI=1S/C14H9NO3/c16-13-12-10(9-5-2-1-3-6-9)7-4-8-11(12)15-14(17)18-13/h1-8H,(H,15,17). The number of hydrogen-bond donors (Lipinski definition) is 1. The van der Waals surface area contributed by atoms with Gasteiger partial charge in [-0.25, -0.2) is 9.59 Å². The average Bonchev–Trinajstić information content (AvgIpc) is 2.38. The van der Waals surface area contributed by atoms with E-state index in [1.165, 1.54) is 0 Å². The van der Waals surface area contributed by atoms with Crippen LogP contribution in [0.15, 0.2) is 62.5 Å². The molecule has 0 bridgehead atoms. The van der Waals surface area contributed by atoms with Gasteiger partial charge in [-0.2, -0.15) is 0 Å². The predicted octanol–water partition coefficient (Wildman–Crippen LogP) is 2.15. The highest BCUT2D eigenvalue weighted by molar-refractivity contribution is 5.93. The van der Waals surface area contributed by atoms with Gasteiger partial charge in [-0.05, 0) is 17.2 Å². The van der Waals surface area contributed by atoms with E-state index in [9.17, 15) is 9.59 Å². The molecule has 1 N–H and O–H groups in total. The van der Waals surface area contributed by atoms with Crippen molar-refractivity contribution < 1.29 is 4.42 Å². The van der Waals surface area contributed by atoms with Crippen LogP contribution in [0.25, 0.3) is 22.0 Å². The Morgan fingerprint density at radius 2 is 1.67 bits per heavy atom. The number of nitrogens with one attached hydrogen (secondary N) is 1. The molecule has 4 heteroatoms. The lowest BCUT2D eigenvalue weighted by molar-refractivity contribution is 0.460. The fraction of sp³-hybridized carbons (Fsp3) is 0. The summed E-state index contributed by atoms with van der Waals surface area (Å²) in [5.41, 5.74) is 1.52. The van der Waals surface area contributed by atoms with Crippen LogP contribution in [0.1, 0.15) is 0 Å². The van der Waals surface area contributed by atoms with Crippen molar-refractivity contribution in [2.24, 2.45) is 0 Å². The van der Waals surface area contributed by atoms with Crippen molar-refractivity contribution in [1.29, 1.82) is 0 Å². The maximum atomic E-state index is 11.8.